The van der Waals surface area contributed by atoms with Crippen LogP contribution in [0.2, 0.25) is 0 Å². The number of nitrogens with zero attached hydrogens (tertiary/aromatic N) is 2. The van der Waals surface area contributed by atoms with E-state index in [0.717, 1.165) is 31.3 Å². The van der Waals surface area contributed by atoms with Gasteiger partial charge in [-0.2, -0.15) is 13.2 Å². The number of rotatable bonds is 2. The highest BCUT2D eigenvalue weighted by molar-refractivity contribution is 5.94. The minimum Gasteiger partial charge on any atom is -0.309 e. The van der Waals surface area contributed by atoms with Crippen LogP contribution in [-0.4, -0.2) is 35.4 Å². The summed E-state index contributed by atoms with van der Waals surface area (Å²) in [5.41, 5.74) is -0.822. The van der Waals surface area contributed by atoms with Gasteiger partial charge in [0, 0.05) is 6.20 Å². The Kier molecular flexibility index (Phi) is 6.14. The molecular weight excluding hydrogens is 283 g/mol. The fourth-order valence-corrected chi connectivity index (χ4v) is 2.13. The summed E-state index contributed by atoms with van der Waals surface area (Å²) >= 11 is 0. The second kappa shape index (κ2) is 7.40. The number of pyridine rings is 1. The van der Waals surface area contributed by atoms with Crippen molar-refractivity contribution in [3.63, 3.8) is 0 Å². The number of hydrogen-bond acceptors (Lipinski definition) is 3. The Bertz CT molecular complexity index is 477. The van der Waals surface area contributed by atoms with Gasteiger partial charge in [-0.25, -0.2) is 4.98 Å². The van der Waals surface area contributed by atoms with Gasteiger partial charge in [-0.3, -0.25) is 9.69 Å². The molecule has 21 heavy (non-hydrogen) atoms. The normalized spacial score (nSPS) is 18.9. The lowest BCUT2D eigenvalue weighted by molar-refractivity contribution is -0.137. The lowest BCUT2D eigenvalue weighted by Gasteiger charge is -2.18. The summed E-state index contributed by atoms with van der Waals surface area (Å²) in [7, 11) is 1.82. The Morgan fingerprint density at radius 1 is 1.43 bits per heavy atom. The Morgan fingerprint density at radius 2 is 2.10 bits per heavy atom. The number of nitrogens with one attached hydrogen (secondary N) is 1. The zero-order valence-corrected chi connectivity index (χ0v) is 12.4. The number of carbonyl (C=O) groups excluding carboxylic acids is 1. The highest BCUT2D eigenvalue weighted by Crippen LogP contribution is 2.30. The van der Waals surface area contributed by atoms with E-state index in [0.29, 0.717) is 6.42 Å². The minimum absolute atomic E-state index is 0.0693. The fraction of sp³-hybridized carbons (Fsp3) is 0.571. The second-order valence-electron chi connectivity index (χ2n) is 4.56. The van der Waals surface area contributed by atoms with Crippen LogP contribution in [0.15, 0.2) is 18.3 Å². The fourth-order valence-electron chi connectivity index (χ4n) is 2.13. The van der Waals surface area contributed by atoms with Gasteiger partial charge < -0.3 is 5.32 Å². The molecule has 1 aliphatic rings. The molecule has 0 bridgehead atoms. The van der Waals surface area contributed by atoms with Crippen molar-refractivity contribution in [2.75, 3.05) is 18.9 Å². The van der Waals surface area contributed by atoms with Gasteiger partial charge in [0.05, 0.1) is 11.6 Å². The molecule has 0 aromatic carbocycles. The molecule has 1 aliphatic heterocycles. The summed E-state index contributed by atoms with van der Waals surface area (Å²) in [6, 6.07) is 1.42. The molecule has 1 N–H and O–H groups in total. The third-order valence-electron chi connectivity index (χ3n) is 3.16. The Hall–Kier alpha value is -1.63. The second-order valence-corrected chi connectivity index (χ2v) is 4.56. The average Bonchev–Trinajstić information content (AvgIpc) is 2.87. The third-order valence-corrected chi connectivity index (χ3v) is 3.16. The van der Waals surface area contributed by atoms with E-state index in [1.807, 2.05) is 25.8 Å². The molecule has 1 aromatic rings. The molecule has 4 nitrogen and oxygen atoms in total. The monoisotopic (exact) mass is 303 g/mol. The highest BCUT2D eigenvalue weighted by Gasteiger charge is 2.32. The van der Waals surface area contributed by atoms with Crippen molar-refractivity contribution >= 4 is 11.7 Å². The summed E-state index contributed by atoms with van der Waals surface area (Å²) in [4.78, 5) is 17.5. The SMILES string of the molecule is CC.CN1CCCC1C(=O)Nc1cc(C(F)(F)F)ccn1. The summed E-state index contributed by atoms with van der Waals surface area (Å²) in [5, 5.41) is 2.44. The summed E-state index contributed by atoms with van der Waals surface area (Å²) in [6.07, 6.45) is -1.78. The molecular formula is C14H20F3N3O. The largest absolute Gasteiger partial charge is 0.416 e. The van der Waals surface area contributed by atoms with Crippen LogP contribution >= 0.6 is 0 Å². The van der Waals surface area contributed by atoms with E-state index < -0.39 is 11.7 Å². The van der Waals surface area contributed by atoms with Gasteiger partial charge in [-0.15, -0.1) is 0 Å². The molecule has 1 fully saturated rings. The van der Waals surface area contributed by atoms with Gasteiger partial charge in [0.1, 0.15) is 5.82 Å². The molecule has 0 saturated carbocycles. The van der Waals surface area contributed by atoms with Crippen molar-refractivity contribution in [1.82, 2.24) is 9.88 Å². The van der Waals surface area contributed by atoms with E-state index in [2.05, 4.69) is 10.3 Å². The van der Waals surface area contributed by atoms with Crippen molar-refractivity contribution in [3.8, 4) is 0 Å². The first-order valence-electron chi connectivity index (χ1n) is 6.92. The maximum atomic E-state index is 12.5. The first-order chi connectivity index (χ1) is 9.88. The van der Waals surface area contributed by atoms with Gasteiger partial charge in [-0.05, 0) is 38.6 Å². The number of likely N-dealkylation sites (tertiary alicyclic amines) is 1. The molecule has 0 spiro atoms. The van der Waals surface area contributed by atoms with E-state index in [9.17, 15) is 18.0 Å². The molecule has 2 rings (SSSR count). The molecule has 7 heteroatoms. The molecule has 0 aliphatic carbocycles. The van der Waals surface area contributed by atoms with Crippen LogP contribution < -0.4 is 5.32 Å². The van der Waals surface area contributed by atoms with Crippen LogP contribution in [0.1, 0.15) is 32.3 Å². The van der Waals surface area contributed by atoms with Crippen molar-refractivity contribution in [3.05, 3.63) is 23.9 Å². The van der Waals surface area contributed by atoms with Crippen LogP contribution in [0.5, 0.6) is 0 Å². The smallest absolute Gasteiger partial charge is 0.309 e. The van der Waals surface area contributed by atoms with Gasteiger partial charge in [0.15, 0.2) is 0 Å². The van der Waals surface area contributed by atoms with Crippen LogP contribution in [-0.2, 0) is 11.0 Å². The summed E-state index contributed by atoms with van der Waals surface area (Å²) in [5.74, 6) is -0.382. The van der Waals surface area contributed by atoms with Gasteiger partial charge in [-0.1, -0.05) is 13.8 Å². The maximum absolute atomic E-state index is 12.5. The molecule has 2 heterocycles. The zero-order chi connectivity index (χ0) is 16.0. The number of hydrogen-bond donors (Lipinski definition) is 1. The quantitative estimate of drug-likeness (QED) is 0.913. The zero-order valence-electron chi connectivity index (χ0n) is 12.4. The number of halogens is 3. The summed E-state index contributed by atoms with van der Waals surface area (Å²) in [6.45, 7) is 4.81. The number of carbonyl (C=O) groups is 1. The van der Waals surface area contributed by atoms with Crippen molar-refractivity contribution in [1.29, 1.82) is 0 Å². The third kappa shape index (κ3) is 4.70. The average molecular weight is 303 g/mol. The first-order valence-corrected chi connectivity index (χ1v) is 6.92. The Balaban J connectivity index is 0.00000106. The Labute approximate surface area is 122 Å². The minimum atomic E-state index is -4.44. The van der Waals surface area contributed by atoms with Crippen LogP contribution in [0.3, 0.4) is 0 Å². The molecule has 1 amide bonds. The van der Waals surface area contributed by atoms with E-state index >= 15 is 0 Å². The number of alkyl halides is 3. The van der Waals surface area contributed by atoms with E-state index in [1.165, 1.54) is 0 Å². The lowest BCUT2D eigenvalue weighted by atomic mass is 10.2. The van der Waals surface area contributed by atoms with Crippen molar-refractivity contribution in [2.45, 2.75) is 38.9 Å². The highest BCUT2D eigenvalue weighted by atomic mass is 19.4. The van der Waals surface area contributed by atoms with E-state index in [1.54, 1.807) is 0 Å². The van der Waals surface area contributed by atoms with Crippen molar-refractivity contribution < 1.29 is 18.0 Å². The number of aromatic nitrogens is 1. The van der Waals surface area contributed by atoms with Crippen LogP contribution in [0.25, 0.3) is 0 Å². The Morgan fingerprint density at radius 3 is 2.62 bits per heavy atom. The molecule has 1 unspecified atom stereocenters. The number of likely N-dealkylation sites (N-methyl/N-ethyl adjacent to an activating group) is 1. The first kappa shape index (κ1) is 17.4. The number of anilines is 1. The van der Waals surface area contributed by atoms with Gasteiger partial charge >= 0.3 is 6.18 Å². The molecule has 118 valence electrons. The standard InChI is InChI=1S/C12H14F3N3O.C2H6/c1-18-6-2-3-9(18)11(19)17-10-7-8(4-5-16-10)12(13,14)15;1-2/h4-5,7,9H,2-3,6H2,1H3,(H,16,17,19);1-2H3. The van der Waals surface area contributed by atoms with Gasteiger partial charge in [0.25, 0.3) is 0 Å². The van der Waals surface area contributed by atoms with Gasteiger partial charge in [0.2, 0.25) is 5.91 Å². The predicted molar refractivity (Wildman–Crippen MR) is 74.9 cm³/mol. The van der Waals surface area contributed by atoms with Crippen molar-refractivity contribution in [2.24, 2.45) is 0 Å². The van der Waals surface area contributed by atoms with E-state index in [-0.39, 0.29) is 17.8 Å². The maximum Gasteiger partial charge on any atom is 0.416 e. The van der Waals surface area contributed by atoms with Crippen LogP contribution in [0, 0.1) is 0 Å². The van der Waals surface area contributed by atoms with E-state index in [4.69, 9.17) is 0 Å². The molecule has 1 saturated heterocycles. The molecule has 1 atom stereocenters. The summed E-state index contributed by atoms with van der Waals surface area (Å²) < 4.78 is 37.6. The topological polar surface area (TPSA) is 45.2 Å². The number of amides is 1. The molecule has 0 radical (unpaired) electrons. The van der Waals surface area contributed by atoms with Crippen LogP contribution in [0.4, 0.5) is 19.0 Å². The molecule has 1 aromatic heterocycles. The predicted octanol–water partition coefficient (Wildman–Crippen LogP) is 3.16. The lowest BCUT2D eigenvalue weighted by Crippen LogP contribution is -2.37.